The third kappa shape index (κ3) is 3.57. The summed E-state index contributed by atoms with van der Waals surface area (Å²) in [5, 5.41) is 12.8. The number of hydrogen-bond acceptors (Lipinski definition) is 2. The molecule has 0 fully saturated rings. The van der Waals surface area contributed by atoms with E-state index in [-0.39, 0.29) is 5.82 Å². The summed E-state index contributed by atoms with van der Waals surface area (Å²) in [5.74, 6) is -0.265. The van der Waals surface area contributed by atoms with Crippen LogP contribution in [0.15, 0.2) is 54.6 Å². The van der Waals surface area contributed by atoms with Crippen LogP contribution in [0.1, 0.15) is 5.56 Å². The SMILES string of the molecule is OC(Cc1ccc(F)cc1)Nc1ccccc1. The molecule has 0 aromatic heterocycles. The molecule has 0 aliphatic rings. The normalized spacial score (nSPS) is 12.1. The van der Waals surface area contributed by atoms with E-state index in [1.807, 2.05) is 30.3 Å². The predicted octanol–water partition coefficient (Wildman–Crippen LogP) is 2.80. The van der Waals surface area contributed by atoms with Crippen molar-refractivity contribution in [2.45, 2.75) is 12.6 Å². The molecule has 2 aromatic rings. The van der Waals surface area contributed by atoms with E-state index in [4.69, 9.17) is 0 Å². The Labute approximate surface area is 99.7 Å². The van der Waals surface area contributed by atoms with Gasteiger partial charge in [0, 0.05) is 12.1 Å². The second-order valence-electron chi connectivity index (χ2n) is 3.86. The fourth-order valence-corrected chi connectivity index (χ4v) is 1.62. The largest absolute Gasteiger partial charge is 0.373 e. The molecule has 17 heavy (non-hydrogen) atoms. The topological polar surface area (TPSA) is 32.3 Å². The Morgan fingerprint density at radius 3 is 2.29 bits per heavy atom. The van der Waals surface area contributed by atoms with E-state index < -0.39 is 6.23 Å². The van der Waals surface area contributed by atoms with E-state index in [0.717, 1.165) is 11.3 Å². The average molecular weight is 231 g/mol. The maximum Gasteiger partial charge on any atom is 0.128 e. The van der Waals surface area contributed by atoms with Crippen LogP contribution < -0.4 is 5.32 Å². The van der Waals surface area contributed by atoms with Gasteiger partial charge in [-0.3, -0.25) is 0 Å². The van der Waals surface area contributed by atoms with E-state index in [2.05, 4.69) is 5.32 Å². The third-order valence-corrected chi connectivity index (χ3v) is 2.45. The maximum absolute atomic E-state index is 12.7. The molecule has 2 nitrogen and oxygen atoms in total. The molecule has 0 heterocycles. The van der Waals surface area contributed by atoms with Crippen LogP contribution in [-0.2, 0) is 6.42 Å². The van der Waals surface area contributed by atoms with Gasteiger partial charge in [-0.2, -0.15) is 0 Å². The molecule has 0 bridgehead atoms. The van der Waals surface area contributed by atoms with E-state index in [9.17, 15) is 9.50 Å². The number of rotatable bonds is 4. The van der Waals surface area contributed by atoms with Crippen molar-refractivity contribution in [3.63, 3.8) is 0 Å². The standard InChI is InChI=1S/C14H14FNO/c15-12-8-6-11(7-9-12)10-14(17)16-13-4-2-1-3-5-13/h1-9,14,16-17H,10H2. The zero-order valence-corrected chi connectivity index (χ0v) is 9.31. The van der Waals surface area contributed by atoms with Gasteiger partial charge in [0.2, 0.25) is 0 Å². The highest BCUT2D eigenvalue weighted by Crippen LogP contribution is 2.10. The summed E-state index contributed by atoms with van der Waals surface area (Å²) in [6.07, 6.45) is -0.238. The van der Waals surface area contributed by atoms with Gasteiger partial charge < -0.3 is 10.4 Å². The van der Waals surface area contributed by atoms with Gasteiger partial charge in [0.1, 0.15) is 12.0 Å². The summed E-state index contributed by atoms with van der Waals surface area (Å²) in [6.45, 7) is 0. The van der Waals surface area contributed by atoms with Crippen LogP contribution in [0, 0.1) is 5.82 Å². The van der Waals surface area contributed by atoms with Crippen LogP contribution in [0.25, 0.3) is 0 Å². The van der Waals surface area contributed by atoms with Gasteiger partial charge in [-0.15, -0.1) is 0 Å². The second-order valence-corrected chi connectivity index (χ2v) is 3.86. The summed E-state index contributed by atoms with van der Waals surface area (Å²) in [4.78, 5) is 0. The first kappa shape index (κ1) is 11.6. The van der Waals surface area contributed by atoms with Crippen molar-refractivity contribution in [3.05, 3.63) is 66.0 Å². The first-order valence-corrected chi connectivity index (χ1v) is 5.48. The monoisotopic (exact) mass is 231 g/mol. The summed E-state index contributed by atoms with van der Waals surface area (Å²) in [6, 6.07) is 15.6. The molecule has 0 radical (unpaired) electrons. The van der Waals surface area contributed by atoms with Crippen molar-refractivity contribution in [2.75, 3.05) is 5.32 Å². The van der Waals surface area contributed by atoms with Crippen LogP contribution in [0.4, 0.5) is 10.1 Å². The van der Waals surface area contributed by atoms with Crippen molar-refractivity contribution in [3.8, 4) is 0 Å². The molecule has 3 heteroatoms. The molecular weight excluding hydrogens is 217 g/mol. The van der Waals surface area contributed by atoms with E-state index in [0.29, 0.717) is 6.42 Å². The highest BCUT2D eigenvalue weighted by molar-refractivity contribution is 5.43. The lowest BCUT2D eigenvalue weighted by Crippen LogP contribution is -2.21. The lowest BCUT2D eigenvalue weighted by molar-refractivity contribution is 0.204. The number of aliphatic hydroxyl groups is 1. The molecule has 2 rings (SSSR count). The molecule has 2 N–H and O–H groups in total. The Bertz CT molecular complexity index is 455. The molecule has 1 unspecified atom stereocenters. The lowest BCUT2D eigenvalue weighted by atomic mass is 10.1. The van der Waals surface area contributed by atoms with Crippen molar-refractivity contribution >= 4 is 5.69 Å². The van der Waals surface area contributed by atoms with Crippen LogP contribution in [0.2, 0.25) is 0 Å². The Balaban J connectivity index is 1.93. The molecular formula is C14H14FNO. The molecule has 0 spiro atoms. The molecule has 0 saturated heterocycles. The molecule has 0 amide bonds. The van der Waals surface area contributed by atoms with Gasteiger partial charge in [-0.05, 0) is 29.8 Å². The molecule has 0 saturated carbocycles. The van der Waals surface area contributed by atoms with Crippen molar-refractivity contribution in [1.29, 1.82) is 0 Å². The van der Waals surface area contributed by atoms with E-state index in [1.165, 1.54) is 12.1 Å². The summed E-state index contributed by atoms with van der Waals surface area (Å²) in [7, 11) is 0. The molecule has 0 aliphatic heterocycles. The minimum Gasteiger partial charge on any atom is -0.373 e. The fourth-order valence-electron chi connectivity index (χ4n) is 1.62. The molecule has 0 aliphatic carbocycles. The van der Waals surface area contributed by atoms with Gasteiger partial charge in [0.25, 0.3) is 0 Å². The first-order valence-electron chi connectivity index (χ1n) is 5.48. The second kappa shape index (κ2) is 5.46. The van der Waals surface area contributed by atoms with Crippen molar-refractivity contribution in [2.24, 2.45) is 0 Å². The van der Waals surface area contributed by atoms with Gasteiger partial charge in [0.15, 0.2) is 0 Å². The average Bonchev–Trinajstić information content (AvgIpc) is 2.33. The van der Waals surface area contributed by atoms with Crippen LogP contribution in [0.5, 0.6) is 0 Å². The number of anilines is 1. The summed E-state index contributed by atoms with van der Waals surface area (Å²) < 4.78 is 12.7. The quantitative estimate of drug-likeness (QED) is 0.793. The zero-order valence-electron chi connectivity index (χ0n) is 9.31. The lowest BCUT2D eigenvalue weighted by Gasteiger charge is -2.14. The zero-order chi connectivity index (χ0) is 12.1. The van der Waals surface area contributed by atoms with Gasteiger partial charge in [-0.25, -0.2) is 4.39 Å². The number of benzene rings is 2. The smallest absolute Gasteiger partial charge is 0.128 e. The minimum atomic E-state index is -0.678. The van der Waals surface area contributed by atoms with E-state index >= 15 is 0 Å². The highest BCUT2D eigenvalue weighted by atomic mass is 19.1. The molecule has 2 aromatic carbocycles. The van der Waals surface area contributed by atoms with Gasteiger partial charge in [0.05, 0.1) is 0 Å². The van der Waals surface area contributed by atoms with Crippen LogP contribution in [-0.4, -0.2) is 11.3 Å². The Hall–Kier alpha value is -1.87. The van der Waals surface area contributed by atoms with Crippen molar-refractivity contribution in [1.82, 2.24) is 0 Å². The number of aliphatic hydroxyl groups excluding tert-OH is 1. The number of hydrogen-bond donors (Lipinski definition) is 2. The number of para-hydroxylation sites is 1. The Morgan fingerprint density at radius 2 is 1.65 bits per heavy atom. The summed E-state index contributed by atoms with van der Waals surface area (Å²) >= 11 is 0. The summed E-state index contributed by atoms with van der Waals surface area (Å²) in [5.41, 5.74) is 1.75. The Kier molecular flexibility index (Phi) is 3.73. The van der Waals surface area contributed by atoms with Crippen LogP contribution in [0.3, 0.4) is 0 Å². The third-order valence-electron chi connectivity index (χ3n) is 2.45. The van der Waals surface area contributed by atoms with E-state index in [1.54, 1.807) is 12.1 Å². The first-order chi connectivity index (χ1) is 8.24. The van der Waals surface area contributed by atoms with Gasteiger partial charge in [-0.1, -0.05) is 30.3 Å². The highest BCUT2D eigenvalue weighted by Gasteiger charge is 2.04. The Morgan fingerprint density at radius 1 is 1.00 bits per heavy atom. The molecule has 1 atom stereocenters. The number of nitrogens with one attached hydrogen (secondary N) is 1. The van der Waals surface area contributed by atoms with Crippen molar-refractivity contribution < 1.29 is 9.50 Å². The van der Waals surface area contributed by atoms with Crippen LogP contribution >= 0.6 is 0 Å². The molecule has 88 valence electrons. The predicted molar refractivity (Wildman–Crippen MR) is 66.2 cm³/mol. The minimum absolute atomic E-state index is 0.265. The number of halogens is 1. The fraction of sp³-hybridized carbons (Fsp3) is 0.143. The maximum atomic E-state index is 12.7. The van der Waals surface area contributed by atoms with Gasteiger partial charge >= 0.3 is 0 Å².